The smallest absolute Gasteiger partial charge is 0.0972 e. The van der Waals surface area contributed by atoms with E-state index in [0.29, 0.717) is 10.0 Å². The van der Waals surface area contributed by atoms with Gasteiger partial charge in [-0.1, -0.05) is 29.3 Å². The molecule has 0 aliphatic carbocycles. The lowest BCUT2D eigenvalue weighted by Gasteiger charge is -2.16. The Morgan fingerprint density at radius 2 is 2.08 bits per heavy atom. The molecule has 1 atom stereocenters. The minimum atomic E-state index is -0.162. The molecule has 4 N–H and O–H groups in total. The van der Waals surface area contributed by atoms with Gasteiger partial charge in [-0.2, -0.15) is 0 Å². The zero-order valence-corrected chi connectivity index (χ0v) is 8.65. The van der Waals surface area contributed by atoms with Crippen LogP contribution in [0.15, 0.2) is 18.2 Å². The molecule has 0 aliphatic heterocycles. The molecule has 0 saturated heterocycles. The van der Waals surface area contributed by atoms with Crippen molar-refractivity contribution in [3.8, 4) is 0 Å². The number of hydrogen-bond acceptors (Lipinski definition) is 3. The largest absolute Gasteiger partial charge is 0.300 e. The van der Waals surface area contributed by atoms with E-state index in [4.69, 9.17) is 29.0 Å². The SMILES string of the molecule is CNC(NN)c1ccc(Cl)cc1Cl. The van der Waals surface area contributed by atoms with Crippen molar-refractivity contribution in [2.75, 3.05) is 7.05 Å². The van der Waals surface area contributed by atoms with E-state index in [-0.39, 0.29) is 6.17 Å². The van der Waals surface area contributed by atoms with E-state index < -0.39 is 0 Å². The third kappa shape index (κ3) is 2.56. The first-order valence-electron chi connectivity index (χ1n) is 3.77. The zero-order chi connectivity index (χ0) is 9.84. The van der Waals surface area contributed by atoms with Gasteiger partial charge in [0.25, 0.3) is 0 Å². The Morgan fingerprint density at radius 3 is 2.54 bits per heavy atom. The van der Waals surface area contributed by atoms with E-state index in [1.54, 1.807) is 19.2 Å². The number of nitrogens with two attached hydrogens (primary N) is 1. The molecule has 0 saturated carbocycles. The highest BCUT2D eigenvalue weighted by molar-refractivity contribution is 6.35. The molecule has 1 aromatic carbocycles. The Balaban J connectivity index is 2.99. The summed E-state index contributed by atoms with van der Waals surface area (Å²) in [4.78, 5) is 0. The summed E-state index contributed by atoms with van der Waals surface area (Å²) in [5, 5.41) is 4.16. The summed E-state index contributed by atoms with van der Waals surface area (Å²) >= 11 is 11.7. The molecule has 0 aliphatic rings. The molecule has 0 heterocycles. The van der Waals surface area contributed by atoms with Crippen molar-refractivity contribution >= 4 is 23.2 Å². The number of halogens is 2. The average molecular weight is 220 g/mol. The van der Waals surface area contributed by atoms with Gasteiger partial charge in [-0.05, 0) is 19.2 Å². The summed E-state index contributed by atoms with van der Waals surface area (Å²) in [5.41, 5.74) is 3.46. The minimum Gasteiger partial charge on any atom is -0.300 e. The molecule has 0 spiro atoms. The molecular formula is C8H11Cl2N3. The normalized spacial score (nSPS) is 12.9. The fourth-order valence-corrected chi connectivity index (χ4v) is 1.58. The van der Waals surface area contributed by atoms with Gasteiger partial charge in [0.05, 0.1) is 6.17 Å². The van der Waals surface area contributed by atoms with Crippen LogP contribution in [0.4, 0.5) is 0 Å². The summed E-state index contributed by atoms with van der Waals surface area (Å²) in [5.74, 6) is 5.32. The second-order valence-corrected chi connectivity index (χ2v) is 3.40. The predicted molar refractivity (Wildman–Crippen MR) is 55.6 cm³/mol. The Labute approximate surface area is 87.2 Å². The molecule has 1 unspecified atom stereocenters. The van der Waals surface area contributed by atoms with Gasteiger partial charge in [-0.3, -0.25) is 5.84 Å². The Kier molecular flexibility index (Phi) is 3.96. The highest BCUT2D eigenvalue weighted by Crippen LogP contribution is 2.24. The molecule has 0 bridgehead atoms. The molecule has 1 aromatic rings. The van der Waals surface area contributed by atoms with Gasteiger partial charge in [0, 0.05) is 15.6 Å². The highest BCUT2D eigenvalue weighted by Gasteiger charge is 2.10. The van der Waals surface area contributed by atoms with Crippen LogP contribution < -0.4 is 16.6 Å². The van der Waals surface area contributed by atoms with E-state index in [0.717, 1.165) is 5.56 Å². The van der Waals surface area contributed by atoms with Crippen molar-refractivity contribution in [2.24, 2.45) is 5.84 Å². The monoisotopic (exact) mass is 219 g/mol. The van der Waals surface area contributed by atoms with Crippen molar-refractivity contribution in [1.82, 2.24) is 10.7 Å². The minimum absolute atomic E-state index is 0.162. The molecule has 3 nitrogen and oxygen atoms in total. The standard InChI is InChI=1S/C8H11Cl2N3/c1-12-8(13-11)6-3-2-5(9)4-7(6)10/h2-4,8,12-13H,11H2,1H3. The van der Waals surface area contributed by atoms with Crippen molar-refractivity contribution in [3.63, 3.8) is 0 Å². The van der Waals surface area contributed by atoms with Crippen molar-refractivity contribution in [2.45, 2.75) is 6.17 Å². The van der Waals surface area contributed by atoms with Crippen LogP contribution in [0.5, 0.6) is 0 Å². The van der Waals surface area contributed by atoms with Crippen LogP contribution in [0.2, 0.25) is 10.0 Å². The zero-order valence-electron chi connectivity index (χ0n) is 7.14. The quantitative estimate of drug-likeness (QED) is 0.412. The van der Waals surface area contributed by atoms with Crippen LogP contribution in [-0.2, 0) is 0 Å². The van der Waals surface area contributed by atoms with Crippen molar-refractivity contribution in [3.05, 3.63) is 33.8 Å². The van der Waals surface area contributed by atoms with Crippen LogP contribution in [0.25, 0.3) is 0 Å². The predicted octanol–water partition coefficient (Wildman–Crippen LogP) is 1.67. The van der Waals surface area contributed by atoms with Crippen LogP contribution in [0.3, 0.4) is 0 Å². The number of nitrogens with one attached hydrogen (secondary N) is 2. The molecule has 13 heavy (non-hydrogen) atoms. The van der Waals surface area contributed by atoms with E-state index >= 15 is 0 Å². The van der Waals surface area contributed by atoms with E-state index in [2.05, 4.69) is 10.7 Å². The van der Waals surface area contributed by atoms with Crippen LogP contribution in [-0.4, -0.2) is 7.05 Å². The van der Waals surface area contributed by atoms with Gasteiger partial charge in [-0.25, -0.2) is 5.43 Å². The first kappa shape index (κ1) is 10.8. The van der Waals surface area contributed by atoms with Gasteiger partial charge in [0.1, 0.15) is 0 Å². The number of hydrazine groups is 1. The van der Waals surface area contributed by atoms with Crippen molar-refractivity contribution < 1.29 is 0 Å². The Hall–Kier alpha value is -0.320. The van der Waals surface area contributed by atoms with Gasteiger partial charge in [0.15, 0.2) is 0 Å². The van der Waals surface area contributed by atoms with Crippen LogP contribution >= 0.6 is 23.2 Å². The van der Waals surface area contributed by atoms with E-state index in [1.807, 2.05) is 6.07 Å². The van der Waals surface area contributed by atoms with Gasteiger partial charge in [0.2, 0.25) is 0 Å². The molecule has 0 radical (unpaired) electrons. The second-order valence-electron chi connectivity index (χ2n) is 2.55. The Morgan fingerprint density at radius 1 is 1.38 bits per heavy atom. The molecule has 72 valence electrons. The van der Waals surface area contributed by atoms with Crippen LogP contribution in [0.1, 0.15) is 11.7 Å². The average Bonchev–Trinajstić information content (AvgIpc) is 2.10. The number of benzene rings is 1. The molecule has 0 fully saturated rings. The maximum Gasteiger partial charge on any atom is 0.0972 e. The molecule has 0 aromatic heterocycles. The first-order chi connectivity index (χ1) is 6.19. The lowest BCUT2D eigenvalue weighted by Crippen LogP contribution is -2.36. The summed E-state index contributed by atoms with van der Waals surface area (Å²) in [6.07, 6.45) is -0.162. The Bertz CT molecular complexity index is 287. The molecule has 1 rings (SSSR count). The second kappa shape index (κ2) is 4.79. The maximum atomic E-state index is 5.96. The topological polar surface area (TPSA) is 50.1 Å². The molecular weight excluding hydrogens is 209 g/mol. The summed E-state index contributed by atoms with van der Waals surface area (Å²) in [7, 11) is 1.79. The highest BCUT2D eigenvalue weighted by atomic mass is 35.5. The fourth-order valence-electron chi connectivity index (χ4n) is 1.06. The van der Waals surface area contributed by atoms with E-state index in [1.165, 1.54) is 0 Å². The lowest BCUT2D eigenvalue weighted by atomic mass is 10.2. The van der Waals surface area contributed by atoms with Gasteiger partial charge >= 0.3 is 0 Å². The van der Waals surface area contributed by atoms with Crippen LogP contribution in [0, 0.1) is 0 Å². The fraction of sp³-hybridized carbons (Fsp3) is 0.250. The molecule has 0 amide bonds. The first-order valence-corrected chi connectivity index (χ1v) is 4.53. The third-order valence-corrected chi connectivity index (χ3v) is 2.29. The summed E-state index contributed by atoms with van der Waals surface area (Å²) in [6.45, 7) is 0. The van der Waals surface area contributed by atoms with Gasteiger partial charge in [-0.15, -0.1) is 0 Å². The number of hydrogen-bond donors (Lipinski definition) is 3. The van der Waals surface area contributed by atoms with Gasteiger partial charge < -0.3 is 5.32 Å². The molecule has 5 heteroatoms. The maximum absolute atomic E-state index is 5.96. The van der Waals surface area contributed by atoms with Crippen molar-refractivity contribution in [1.29, 1.82) is 0 Å². The summed E-state index contributed by atoms with van der Waals surface area (Å²) in [6, 6.07) is 5.27. The number of rotatable bonds is 3. The van der Waals surface area contributed by atoms with E-state index in [9.17, 15) is 0 Å². The lowest BCUT2D eigenvalue weighted by molar-refractivity contribution is 0.489. The summed E-state index contributed by atoms with van der Waals surface area (Å²) < 4.78 is 0. The third-order valence-electron chi connectivity index (χ3n) is 1.73.